The van der Waals surface area contributed by atoms with Crippen molar-refractivity contribution in [3.05, 3.63) is 29.8 Å². The first-order chi connectivity index (χ1) is 10.3. The van der Waals surface area contributed by atoms with Crippen LogP contribution in [0.1, 0.15) is 39.7 Å². The molecule has 0 aliphatic carbocycles. The lowest BCUT2D eigenvalue weighted by Gasteiger charge is -2.32. The summed E-state index contributed by atoms with van der Waals surface area (Å²) in [5, 5.41) is 0. The third kappa shape index (κ3) is 4.45. The van der Waals surface area contributed by atoms with E-state index >= 15 is 0 Å². The van der Waals surface area contributed by atoms with E-state index in [1.165, 1.54) is 5.56 Å². The Bertz CT molecular complexity index is 541. The van der Waals surface area contributed by atoms with Gasteiger partial charge in [-0.2, -0.15) is 0 Å². The number of likely N-dealkylation sites (tertiary alicyclic amines) is 1. The molecule has 0 aromatic heterocycles. The highest BCUT2D eigenvalue weighted by Crippen LogP contribution is 2.36. The molecule has 2 saturated heterocycles. The molecule has 0 saturated carbocycles. The predicted molar refractivity (Wildman–Crippen MR) is 105 cm³/mol. The van der Waals surface area contributed by atoms with Crippen LogP contribution in [0.25, 0.3) is 0 Å². The van der Waals surface area contributed by atoms with Crippen LogP contribution < -0.4 is 11.2 Å². The summed E-state index contributed by atoms with van der Waals surface area (Å²) < 4.78 is 12.3. The summed E-state index contributed by atoms with van der Waals surface area (Å²) in [5.41, 5.74) is 7.78. The van der Waals surface area contributed by atoms with E-state index in [9.17, 15) is 0 Å². The molecule has 2 N–H and O–H groups in total. The van der Waals surface area contributed by atoms with Crippen molar-refractivity contribution in [2.45, 2.75) is 57.9 Å². The minimum atomic E-state index is -0.296. The average Bonchev–Trinajstić information content (AvgIpc) is 2.91. The Morgan fingerprint density at radius 1 is 1.17 bits per heavy atom. The van der Waals surface area contributed by atoms with Gasteiger partial charge in [0.15, 0.2) is 0 Å². The summed E-state index contributed by atoms with van der Waals surface area (Å²) >= 11 is 0. The number of nitrogens with two attached hydrogens (primary N) is 1. The Morgan fingerprint density at radius 2 is 1.79 bits per heavy atom. The average molecular weight is 375 g/mol. The van der Waals surface area contributed by atoms with Crippen molar-refractivity contribution < 1.29 is 9.31 Å². The number of benzene rings is 1. The van der Waals surface area contributed by atoms with E-state index in [4.69, 9.17) is 15.0 Å². The summed E-state index contributed by atoms with van der Waals surface area (Å²) in [4.78, 5) is 2.41. The third-order valence-electron chi connectivity index (χ3n) is 5.19. The zero-order chi connectivity index (χ0) is 16.0. The molecule has 1 aromatic rings. The fraction of sp³-hybridized carbons (Fsp3) is 0.647. The van der Waals surface area contributed by atoms with Gasteiger partial charge in [-0.05, 0) is 45.1 Å². The van der Waals surface area contributed by atoms with Gasteiger partial charge < -0.3 is 15.0 Å². The quantitative estimate of drug-likeness (QED) is 0.825. The Labute approximate surface area is 158 Å². The van der Waals surface area contributed by atoms with Gasteiger partial charge in [0.25, 0.3) is 0 Å². The largest absolute Gasteiger partial charge is 0.494 e. The number of nitrogens with zero attached hydrogens (tertiary/aromatic N) is 1. The Hall–Kier alpha value is -0.295. The molecule has 1 aromatic carbocycles. The van der Waals surface area contributed by atoms with Crippen LogP contribution in [0.5, 0.6) is 0 Å². The molecule has 2 aliphatic rings. The molecule has 2 aliphatic heterocycles. The van der Waals surface area contributed by atoms with Gasteiger partial charge >= 0.3 is 7.12 Å². The Kier molecular flexibility index (Phi) is 7.19. The fourth-order valence-electron chi connectivity index (χ4n) is 3.08. The second-order valence-corrected chi connectivity index (χ2v) is 7.62. The number of rotatable bonds is 3. The van der Waals surface area contributed by atoms with E-state index < -0.39 is 0 Å². The molecule has 3 rings (SSSR count). The standard InChI is InChI=1S/C17H27BN2O2.2ClH/c1-16(2)17(3,4)22-18(21-16)14-7-5-6-13(10-14)11-20-9-8-15(19)12-20;;/h5-7,10,15H,8-9,11-12,19H2,1-4H3;2*1H/t15-;;/m1../s1. The van der Waals surface area contributed by atoms with Gasteiger partial charge in [-0.1, -0.05) is 24.3 Å². The van der Waals surface area contributed by atoms with E-state index in [2.05, 4.69) is 56.9 Å². The van der Waals surface area contributed by atoms with Crippen LogP contribution in [0.3, 0.4) is 0 Å². The number of halogens is 2. The van der Waals surface area contributed by atoms with Gasteiger partial charge in [-0.25, -0.2) is 0 Å². The van der Waals surface area contributed by atoms with Gasteiger partial charge in [-0.3, -0.25) is 4.90 Å². The molecule has 0 spiro atoms. The van der Waals surface area contributed by atoms with Gasteiger partial charge in [-0.15, -0.1) is 24.8 Å². The highest BCUT2D eigenvalue weighted by molar-refractivity contribution is 6.62. The molecule has 4 nitrogen and oxygen atoms in total. The molecular formula is C17H29BCl2N2O2. The maximum atomic E-state index is 6.14. The molecule has 0 unspecified atom stereocenters. The van der Waals surface area contributed by atoms with E-state index in [1.807, 2.05) is 0 Å². The van der Waals surface area contributed by atoms with Crippen LogP contribution in [0.4, 0.5) is 0 Å². The third-order valence-corrected chi connectivity index (χ3v) is 5.19. The molecule has 2 heterocycles. The summed E-state index contributed by atoms with van der Waals surface area (Å²) in [6, 6.07) is 8.86. The van der Waals surface area contributed by atoms with Crippen molar-refractivity contribution in [2.75, 3.05) is 13.1 Å². The normalized spacial score (nSPS) is 25.2. The summed E-state index contributed by atoms with van der Waals surface area (Å²) in [7, 11) is -0.286. The molecule has 1 atom stereocenters. The van der Waals surface area contributed by atoms with Crippen molar-refractivity contribution >= 4 is 37.4 Å². The smallest absolute Gasteiger partial charge is 0.399 e. The number of hydrogen-bond acceptors (Lipinski definition) is 4. The van der Waals surface area contributed by atoms with Crippen LogP contribution in [0.15, 0.2) is 24.3 Å². The van der Waals surface area contributed by atoms with E-state index in [-0.39, 0.29) is 43.1 Å². The maximum absolute atomic E-state index is 6.14. The van der Waals surface area contributed by atoms with Crippen LogP contribution in [-0.4, -0.2) is 42.4 Å². The minimum absolute atomic E-state index is 0. The second kappa shape index (κ2) is 7.94. The summed E-state index contributed by atoms with van der Waals surface area (Å²) in [6.45, 7) is 11.4. The molecule has 0 amide bonds. The molecule has 24 heavy (non-hydrogen) atoms. The number of hydrogen-bond donors (Lipinski definition) is 1. The van der Waals surface area contributed by atoms with E-state index in [0.717, 1.165) is 31.5 Å². The first-order valence-electron chi connectivity index (χ1n) is 8.19. The first-order valence-corrected chi connectivity index (χ1v) is 8.19. The molecular weight excluding hydrogens is 346 g/mol. The summed E-state index contributed by atoms with van der Waals surface area (Å²) in [6.07, 6.45) is 1.09. The van der Waals surface area contributed by atoms with Crippen LogP contribution in [0.2, 0.25) is 0 Å². The lowest BCUT2D eigenvalue weighted by molar-refractivity contribution is 0.00578. The van der Waals surface area contributed by atoms with Crippen LogP contribution in [-0.2, 0) is 15.9 Å². The highest BCUT2D eigenvalue weighted by Gasteiger charge is 2.51. The van der Waals surface area contributed by atoms with E-state index in [1.54, 1.807) is 0 Å². The predicted octanol–water partition coefficient (Wildman–Crippen LogP) is 2.36. The fourth-order valence-corrected chi connectivity index (χ4v) is 3.08. The van der Waals surface area contributed by atoms with Gasteiger partial charge in [0.1, 0.15) is 0 Å². The Morgan fingerprint density at radius 3 is 2.33 bits per heavy atom. The zero-order valence-electron chi connectivity index (χ0n) is 15.0. The molecule has 2 fully saturated rings. The van der Waals surface area contributed by atoms with Crippen molar-refractivity contribution in [2.24, 2.45) is 5.73 Å². The van der Waals surface area contributed by atoms with Gasteiger partial charge in [0.05, 0.1) is 11.2 Å². The van der Waals surface area contributed by atoms with Gasteiger partial charge in [0, 0.05) is 25.7 Å². The maximum Gasteiger partial charge on any atom is 0.494 e. The lowest BCUT2D eigenvalue weighted by Crippen LogP contribution is -2.41. The first kappa shape index (κ1) is 21.7. The lowest BCUT2D eigenvalue weighted by atomic mass is 9.78. The SMILES string of the molecule is CC1(C)OB(c2cccc(CN3CC[C@@H](N)C3)c2)OC1(C)C.Cl.Cl. The monoisotopic (exact) mass is 374 g/mol. The Balaban J connectivity index is 0.00000144. The van der Waals surface area contributed by atoms with Crippen molar-refractivity contribution in [1.29, 1.82) is 0 Å². The molecule has 0 radical (unpaired) electrons. The zero-order valence-corrected chi connectivity index (χ0v) is 16.6. The van der Waals surface area contributed by atoms with Crippen molar-refractivity contribution in [3.8, 4) is 0 Å². The molecule has 7 heteroatoms. The van der Waals surface area contributed by atoms with Crippen LogP contribution >= 0.6 is 24.8 Å². The second-order valence-electron chi connectivity index (χ2n) is 7.62. The minimum Gasteiger partial charge on any atom is -0.399 e. The van der Waals surface area contributed by atoms with Crippen molar-refractivity contribution in [3.63, 3.8) is 0 Å². The molecule has 0 bridgehead atoms. The molecule has 136 valence electrons. The summed E-state index contributed by atoms with van der Waals surface area (Å²) in [5.74, 6) is 0. The topological polar surface area (TPSA) is 47.7 Å². The van der Waals surface area contributed by atoms with Crippen LogP contribution in [0, 0.1) is 0 Å². The highest BCUT2D eigenvalue weighted by atomic mass is 35.5. The van der Waals surface area contributed by atoms with E-state index in [0.29, 0.717) is 6.04 Å². The van der Waals surface area contributed by atoms with Gasteiger partial charge in [0.2, 0.25) is 0 Å². The van der Waals surface area contributed by atoms with Crippen molar-refractivity contribution in [1.82, 2.24) is 4.90 Å².